The smallest absolute Gasteiger partial charge is 0.294 e. The molecule has 29 heavy (non-hydrogen) atoms. The molecule has 3 aromatic rings. The molecule has 1 saturated heterocycles. The Kier molecular flexibility index (Phi) is 5.84. The number of benzene rings is 1. The fourth-order valence-electron chi connectivity index (χ4n) is 3.72. The molecular formula is C22H25N5O2. The number of carbonyl (C=O) groups excluding carboxylic acids is 1. The highest BCUT2D eigenvalue weighted by Crippen LogP contribution is 2.18. The summed E-state index contributed by atoms with van der Waals surface area (Å²) in [4.78, 5) is 36.3. The van der Waals surface area contributed by atoms with Gasteiger partial charge in [0.1, 0.15) is 0 Å². The fraction of sp³-hybridized carbons (Fsp3) is 0.364. The van der Waals surface area contributed by atoms with Crippen molar-refractivity contribution in [3.8, 4) is 0 Å². The van der Waals surface area contributed by atoms with Crippen LogP contribution < -0.4 is 15.8 Å². The van der Waals surface area contributed by atoms with Crippen molar-refractivity contribution >= 4 is 22.8 Å². The summed E-state index contributed by atoms with van der Waals surface area (Å²) in [5.41, 5.74) is 2.37. The first-order valence-electron chi connectivity index (χ1n) is 10.1. The molecule has 0 saturated carbocycles. The number of anilines is 1. The van der Waals surface area contributed by atoms with Gasteiger partial charge in [-0.3, -0.25) is 14.6 Å². The van der Waals surface area contributed by atoms with Crippen LogP contribution in [0.15, 0.2) is 53.6 Å². The highest BCUT2D eigenvalue weighted by Gasteiger charge is 2.19. The van der Waals surface area contributed by atoms with E-state index in [1.807, 2.05) is 36.4 Å². The Morgan fingerprint density at radius 1 is 1.07 bits per heavy atom. The first-order valence-corrected chi connectivity index (χ1v) is 10.1. The minimum absolute atomic E-state index is 0.0961. The number of rotatable bonds is 6. The van der Waals surface area contributed by atoms with Crippen LogP contribution >= 0.6 is 0 Å². The maximum Gasteiger partial charge on any atom is 0.294 e. The van der Waals surface area contributed by atoms with Gasteiger partial charge in [0.05, 0.1) is 11.0 Å². The summed E-state index contributed by atoms with van der Waals surface area (Å²) in [6, 6.07) is 11.4. The van der Waals surface area contributed by atoms with Crippen molar-refractivity contribution in [3.63, 3.8) is 0 Å². The molecule has 1 fully saturated rings. The van der Waals surface area contributed by atoms with Crippen LogP contribution in [0.1, 0.15) is 31.2 Å². The van der Waals surface area contributed by atoms with E-state index in [4.69, 9.17) is 0 Å². The lowest BCUT2D eigenvalue weighted by molar-refractivity contribution is -0.121. The molecule has 0 radical (unpaired) electrons. The van der Waals surface area contributed by atoms with E-state index in [9.17, 15) is 9.59 Å². The Balaban J connectivity index is 1.53. The number of hydrogen-bond acceptors (Lipinski definition) is 5. The van der Waals surface area contributed by atoms with Crippen LogP contribution in [-0.2, 0) is 17.9 Å². The van der Waals surface area contributed by atoms with Gasteiger partial charge < -0.3 is 14.8 Å². The van der Waals surface area contributed by atoms with Crippen molar-refractivity contribution in [3.05, 3.63) is 64.7 Å². The summed E-state index contributed by atoms with van der Waals surface area (Å²) in [5, 5.41) is 2.89. The number of pyridine rings is 1. The largest absolute Gasteiger partial charge is 0.352 e. The van der Waals surface area contributed by atoms with E-state index in [0.717, 1.165) is 42.5 Å². The number of para-hydroxylation sites is 2. The second-order valence-electron chi connectivity index (χ2n) is 7.32. The molecule has 1 aliphatic heterocycles. The van der Waals surface area contributed by atoms with Gasteiger partial charge in [0.25, 0.3) is 5.56 Å². The van der Waals surface area contributed by atoms with Gasteiger partial charge in [0.2, 0.25) is 5.91 Å². The van der Waals surface area contributed by atoms with Crippen molar-refractivity contribution in [2.24, 2.45) is 0 Å². The Morgan fingerprint density at radius 2 is 1.90 bits per heavy atom. The summed E-state index contributed by atoms with van der Waals surface area (Å²) in [7, 11) is 0. The second-order valence-corrected chi connectivity index (χ2v) is 7.32. The minimum atomic E-state index is -0.120. The number of fused-ring (bicyclic) bond motifs is 1. The molecule has 0 aliphatic carbocycles. The zero-order chi connectivity index (χ0) is 20.1. The molecule has 0 spiro atoms. The summed E-state index contributed by atoms with van der Waals surface area (Å²) in [6.07, 6.45) is 7.00. The SMILES string of the molecule is O=C(CCn1c(=O)c(N2CCCCC2)nc2ccccc21)NCc1cccnc1. The van der Waals surface area contributed by atoms with E-state index >= 15 is 0 Å². The van der Waals surface area contributed by atoms with Crippen LogP contribution in [0.5, 0.6) is 0 Å². The van der Waals surface area contributed by atoms with Crippen LogP contribution in [0.3, 0.4) is 0 Å². The monoisotopic (exact) mass is 391 g/mol. The fourth-order valence-corrected chi connectivity index (χ4v) is 3.72. The van der Waals surface area contributed by atoms with Crippen molar-refractivity contribution in [1.29, 1.82) is 0 Å². The number of nitrogens with one attached hydrogen (secondary N) is 1. The van der Waals surface area contributed by atoms with E-state index < -0.39 is 0 Å². The molecule has 1 N–H and O–H groups in total. The third-order valence-corrected chi connectivity index (χ3v) is 5.27. The van der Waals surface area contributed by atoms with E-state index in [0.29, 0.717) is 18.9 Å². The number of aromatic nitrogens is 3. The molecule has 4 rings (SSSR count). The Bertz CT molecular complexity index is 1040. The van der Waals surface area contributed by atoms with Gasteiger partial charge in [0, 0.05) is 45.0 Å². The number of hydrogen-bond donors (Lipinski definition) is 1. The molecule has 7 heteroatoms. The van der Waals surface area contributed by atoms with Crippen molar-refractivity contribution < 1.29 is 4.79 Å². The molecule has 0 bridgehead atoms. The number of aryl methyl sites for hydroxylation is 1. The van der Waals surface area contributed by atoms with Gasteiger partial charge in [-0.25, -0.2) is 4.98 Å². The van der Waals surface area contributed by atoms with E-state index in [1.54, 1.807) is 17.0 Å². The maximum absolute atomic E-state index is 13.2. The van der Waals surface area contributed by atoms with Crippen molar-refractivity contribution in [2.75, 3.05) is 18.0 Å². The summed E-state index contributed by atoms with van der Waals surface area (Å²) in [6.45, 7) is 2.46. The minimum Gasteiger partial charge on any atom is -0.352 e. The standard InChI is InChI=1S/C22H25N5O2/c28-20(24-16-17-7-6-11-23-15-17)10-14-27-19-9-3-2-8-18(19)25-21(22(27)29)26-12-4-1-5-13-26/h2-3,6-9,11,15H,1,4-5,10,12-14,16H2,(H,24,28). The molecule has 1 amide bonds. The Morgan fingerprint density at radius 3 is 2.69 bits per heavy atom. The number of piperidine rings is 1. The topological polar surface area (TPSA) is 80.1 Å². The lowest BCUT2D eigenvalue weighted by atomic mass is 10.1. The van der Waals surface area contributed by atoms with Gasteiger partial charge in [-0.2, -0.15) is 0 Å². The lowest BCUT2D eigenvalue weighted by Gasteiger charge is -2.27. The van der Waals surface area contributed by atoms with Gasteiger partial charge >= 0.3 is 0 Å². The van der Waals surface area contributed by atoms with E-state index in [-0.39, 0.29) is 17.9 Å². The molecule has 1 aromatic carbocycles. The average molecular weight is 391 g/mol. The van der Waals surface area contributed by atoms with E-state index in [1.165, 1.54) is 6.42 Å². The zero-order valence-electron chi connectivity index (χ0n) is 16.4. The third kappa shape index (κ3) is 4.45. The highest BCUT2D eigenvalue weighted by atomic mass is 16.2. The quantitative estimate of drug-likeness (QED) is 0.698. The van der Waals surface area contributed by atoms with Crippen LogP contribution in [-0.4, -0.2) is 33.5 Å². The number of nitrogens with zero attached hydrogens (tertiary/aromatic N) is 4. The predicted molar refractivity (Wildman–Crippen MR) is 113 cm³/mol. The number of amides is 1. The Labute approximate surface area is 169 Å². The van der Waals surface area contributed by atoms with Crippen LogP contribution in [0.25, 0.3) is 11.0 Å². The molecule has 1 aliphatic rings. The van der Waals surface area contributed by atoms with Gasteiger partial charge in [-0.15, -0.1) is 0 Å². The summed E-state index contributed by atoms with van der Waals surface area (Å²) in [5.74, 6) is 0.403. The maximum atomic E-state index is 13.2. The van der Waals surface area contributed by atoms with Crippen LogP contribution in [0.2, 0.25) is 0 Å². The predicted octanol–water partition coefficient (Wildman–Crippen LogP) is 2.49. The van der Waals surface area contributed by atoms with Crippen LogP contribution in [0.4, 0.5) is 5.82 Å². The zero-order valence-corrected chi connectivity index (χ0v) is 16.4. The average Bonchev–Trinajstić information content (AvgIpc) is 2.78. The lowest BCUT2D eigenvalue weighted by Crippen LogP contribution is -2.37. The number of carbonyl (C=O) groups is 1. The highest BCUT2D eigenvalue weighted by molar-refractivity contribution is 5.78. The summed E-state index contributed by atoms with van der Waals surface area (Å²) >= 11 is 0. The normalized spacial score (nSPS) is 14.1. The second kappa shape index (κ2) is 8.86. The Hall–Kier alpha value is -3.22. The molecule has 3 heterocycles. The summed E-state index contributed by atoms with van der Waals surface area (Å²) < 4.78 is 1.69. The molecule has 2 aromatic heterocycles. The van der Waals surface area contributed by atoms with Crippen molar-refractivity contribution in [2.45, 2.75) is 38.8 Å². The molecular weight excluding hydrogens is 366 g/mol. The molecule has 150 valence electrons. The third-order valence-electron chi connectivity index (χ3n) is 5.27. The van der Waals surface area contributed by atoms with Gasteiger partial charge in [-0.1, -0.05) is 18.2 Å². The first-order chi connectivity index (χ1) is 14.2. The van der Waals surface area contributed by atoms with Crippen LogP contribution in [0, 0.1) is 0 Å². The van der Waals surface area contributed by atoms with Crippen molar-refractivity contribution in [1.82, 2.24) is 19.9 Å². The van der Waals surface area contributed by atoms with E-state index in [2.05, 4.69) is 20.2 Å². The molecule has 0 unspecified atom stereocenters. The molecule has 0 atom stereocenters. The van der Waals surface area contributed by atoms with Gasteiger partial charge in [0.15, 0.2) is 5.82 Å². The molecule has 7 nitrogen and oxygen atoms in total. The van der Waals surface area contributed by atoms with Gasteiger partial charge in [-0.05, 0) is 43.0 Å². The first kappa shape index (κ1) is 19.1.